The molecule has 1 aliphatic heterocycles. The molecule has 0 spiro atoms. The molecule has 172 valence electrons. The molecule has 32 heavy (non-hydrogen) atoms. The van der Waals surface area contributed by atoms with Crippen molar-refractivity contribution in [1.29, 1.82) is 0 Å². The number of piperidine rings is 1. The Kier molecular flexibility index (Phi) is 9.04. The van der Waals surface area contributed by atoms with Crippen LogP contribution >= 0.6 is 0 Å². The van der Waals surface area contributed by atoms with Crippen LogP contribution in [0.3, 0.4) is 0 Å². The van der Waals surface area contributed by atoms with E-state index >= 15 is 0 Å². The van der Waals surface area contributed by atoms with Gasteiger partial charge in [-0.2, -0.15) is 0 Å². The molecular weight excluding hydrogens is 405 g/mol. The van der Waals surface area contributed by atoms with Crippen molar-refractivity contribution >= 4 is 11.9 Å². The van der Waals surface area contributed by atoms with Crippen molar-refractivity contribution in [2.75, 3.05) is 32.7 Å². The second-order valence-electron chi connectivity index (χ2n) is 8.16. The maximum absolute atomic E-state index is 13.7. The first kappa shape index (κ1) is 23.7. The zero-order valence-electron chi connectivity index (χ0n) is 19.0. The molecular formula is C25H34FN5O. The third-order valence-corrected chi connectivity index (χ3v) is 5.62. The van der Waals surface area contributed by atoms with Crippen LogP contribution in [-0.4, -0.2) is 55.5 Å². The molecule has 7 heteroatoms. The van der Waals surface area contributed by atoms with Crippen LogP contribution < -0.4 is 16.0 Å². The summed E-state index contributed by atoms with van der Waals surface area (Å²) in [5.41, 5.74) is 2.20. The first-order chi connectivity index (χ1) is 15.5. The molecule has 0 saturated carbocycles. The Hall–Kier alpha value is -2.93. The molecule has 1 amide bonds. The molecule has 0 bridgehead atoms. The van der Waals surface area contributed by atoms with E-state index in [1.807, 2.05) is 6.92 Å². The van der Waals surface area contributed by atoms with Crippen molar-refractivity contribution in [2.24, 2.45) is 4.99 Å². The van der Waals surface area contributed by atoms with Gasteiger partial charge in [0.15, 0.2) is 5.96 Å². The monoisotopic (exact) mass is 439 g/mol. The van der Waals surface area contributed by atoms with Gasteiger partial charge in [-0.05, 0) is 49.9 Å². The van der Waals surface area contributed by atoms with Crippen molar-refractivity contribution in [2.45, 2.75) is 39.3 Å². The summed E-state index contributed by atoms with van der Waals surface area (Å²) in [6.07, 6.45) is 2.12. The van der Waals surface area contributed by atoms with Crippen LogP contribution in [-0.2, 0) is 6.54 Å². The maximum Gasteiger partial charge on any atom is 0.251 e. The predicted molar refractivity (Wildman–Crippen MR) is 127 cm³/mol. The van der Waals surface area contributed by atoms with E-state index in [-0.39, 0.29) is 11.7 Å². The molecule has 6 nitrogen and oxygen atoms in total. The summed E-state index contributed by atoms with van der Waals surface area (Å²) in [6.45, 7) is 8.41. The maximum atomic E-state index is 13.7. The zero-order chi connectivity index (χ0) is 22.8. The minimum Gasteiger partial charge on any atom is -0.357 e. The number of aliphatic imine (C=N–C) groups is 1. The SMILES string of the molecule is CCNC(=NCCNC(=O)c1ccc(C)c(F)c1)NC1CCN(Cc2ccccc2)CC1. The van der Waals surface area contributed by atoms with Gasteiger partial charge in [-0.15, -0.1) is 0 Å². The van der Waals surface area contributed by atoms with Gasteiger partial charge < -0.3 is 16.0 Å². The van der Waals surface area contributed by atoms with Crippen molar-refractivity contribution in [3.8, 4) is 0 Å². The van der Waals surface area contributed by atoms with E-state index in [1.54, 1.807) is 19.1 Å². The van der Waals surface area contributed by atoms with Crippen LogP contribution in [0, 0.1) is 12.7 Å². The molecule has 0 atom stereocenters. The molecule has 1 aliphatic rings. The number of benzene rings is 2. The molecule has 1 saturated heterocycles. The number of aryl methyl sites for hydroxylation is 1. The first-order valence-electron chi connectivity index (χ1n) is 11.4. The Morgan fingerprint density at radius 3 is 2.56 bits per heavy atom. The molecule has 0 aromatic heterocycles. The Morgan fingerprint density at radius 1 is 1.12 bits per heavy atom. The van der Waals surface area contributed by atoms with Crippen molar-refractivity contribution in [3.63, 3.8) is 0 Å². The summed E-state index contributed by atoms with van der Waals surface area (Å²) in [7, 11) is 0. The van der Waals surface area contributed by atoms with E-state index in [2.05, 4.69) is 56.2 Å². The minimum atomic E-state index is -0.371. The Labute approximate surface area is 190 Å². The summed E-state index contributed by atoms with van der Waals surface area (Å²) >= 11 is 0. The first-order valence-corrected chi connectivity index (χ1v) is 11.4. The Bertz CT molecular complexity index is 894. The van der Waals surface area contributed by atoms with Gasteiger partial charge in [0, 0.05) is 44.3 Å². The summed E-state index contributed by atoms with van der Waals surface area (Å²) in [5.74, 6) is 0.108. The third kappa shape index (κ3) is 7.34. The van der Waals surface area contributed by atoms with Gasteiger partial charge in [-0.1, -0.05) is 36.4 Å². The van der Waals surface area contributed by atoms with Crippen molar-refractivity contribution in [3.05, 3.63) is 71.0 Å². The number of carbonyl (C=O) groups is 1. The molecule has 1 heterocycles. The summed E-state index contributed by atoms with van der Waals surface area (Å²) in [6, 6.07) is 15.5. The van der Waals surface area contributed by atoms with Crippen LogP contribution in [0.2, 0.25) is 0 Å². The van der Waals surface area contributed by atoms with Crippen molar-refractivity contribution in [1.82, 2.24) is 20.9 Å². The van der Waals surface area contributed by atoms with Gasteiger partial charge in [0.2, 0.25) is 0 Å². The Balaban J connectivity index is 1.41. The van der Waals surface area contributed by atoms with Crippen LogP contribution in [0.15, 0.2) is 53.5 Å². The number of hydrogen-bond donors (Lipinski definition) is 3. The molecule has 3 rings (SSSR count). The fraction of sp³-hybridized carbons (Fsp3) is 0.440. The number of nitrogens with one attached hydrogen (secondary N) is 3. The zero-order valence-corrected chi connectivity index (χ0v) is 19.0. The lowest BCUT2D eigenvalue weighted by Crippen LogP contribution is -2.48. The predicted octanol–water partition coefficient (Wildman–Crippen LogP) is 3.08. The molecule has 0 aliphatic carbocycles. The number of rotatable bonds is 8. The molecule has 3 N–H and O–H groups in total. The lowest BCUT2D eigenvalue weighted by molar-refractivity contribution is 0.0954. The van der Waals surface area contributed by atoms with Crippen LogP contribution in [0.5, 0.6) is 0 Å². The van der Waals surface area contributed by atoms with Gasteiger partial charge in [0.05, 0.1) is 6.54 Å². The highest BCUT2D eigenvalue weighted by Gasteiger charge is 2.20. The van der Waals surface area contributed by atoms with E-state index in [1.165, 1.54) is 11.6 Å². The largest absolute Gasteiger partial charge is 0.357 e. The average Bonchev–Trinajstić information content (AvgIpc) is 2.80. The topological polar surface area (TPSA) is 68.8 Å². The normalized spacial score (nSPS) is 15.4. The quantitative estimate of drug-likeness (QED) is 0.336. The van der Waals surface area contributed by atoms with Crippen molar-refractivity contribution < 1.29 is 9.18 Å². The number of likely N-dealkylation sites (tertiary alicyclic amines) is 1. The number of nitrogens with zero attached hydrogens (tertiary/aromatic N) is 2. The van der Waals surface area contributed by atoms with E-state index in [4.69, 9.17) is 0 Å². The smallest absolute Gasteiger partial charge is 0.251 e. The van der Waals surface area contributed by atoms with Gasteiger partial charge in [0.25, 0.3) is 5.91 Å². The average molecular weight is 440 g/mol. The van der Waals surface area contributed by atoms with Gasteiger partial charge in [-0.3, -0.25) is 14.7 Å². The summed E-state index contributed by atoms with van der Waals surface area (Å²) in [4.78, 5) is 19.3. The fourth-order valence-electron chi connectivity index (χ4n) is 3.76. The minimum absolute atomic E-state index is 0.289. The van der Waals surface area contributed by atoms with Crippen LogP contribution in [0.1, 0.15) is 41.3 Å². The lowest BCUT2D eigenvalue weighted by atomic mass is 10.0. The van der Waals surface area contributed by atoms with E-state index in [9.17, 15) is 9.18 Å². The molecule has 0 radical (unpaired) electrons. The summed E-state index contributed by atoms with van der Waals surface area (Å²) < 4.78 is 13.7. The highest BCUT2D eigenvalue weighted by molar-refractivity contribution is 5.94. The molecule has 2 aromatic carbocycles. The molecule has 2 aromatic rings. The third-order valence-electron chi connectivity index (χ3n) is 5.62. The summed E-state index contributed by atoms with van der Waals surface area (Å²) in [5, 5.41) is 9.60. The number of hydrogen-bond acceptors (Lipinski definition) is 3. The number of amides is 1. The highest BCUT2D eigenvalue weighted by Crippen LogP contribution is 2.14. The molecule has 0 unspecified atom stereocenters. The highest BCUT2D eigenvalue weighted by atomic mass is 19.1. The Morgan fingerprint density at radius 2 is 1.88 bits per heavy atom. The van der Waals surface area contributed by atoms with Crippen LogP contribution in [0.25, 0.3) is 0 Å². The number of guanidine groups is 1. The second-order valence-corrected chi connectivity index (χ2v) is 8.16. The standard InChI is InChI=1S/C25H34FN5O/c1-3-27-25(29-14-13-28-24(32)21-10-9-19(2)23(26)17-21)30-22-11-15-31(16-12-22)18-20-7-5-4-6-8-20/h4-10,17,22H,3,11-16,18H2,1-2H3,(H,28,32)(H2,27,29,30). The van der Waals surface area contributed by atoms with E-state index < -0.39 is 0 Å². The van der Waals surface area contributed by atoms with Crippen LogP contribution in [0.4, 0.5) is 4.39 Å². The van der Waals surface area contributed by atoms with E-state index in [0.717, 1.165) is 45.0 Å². The number of carbonyl (C=O) groups excluding carboxylic acids is 1. The van der Waals surface area contributed by atoms with E-state index in [0.29, 0.717) is 30.3 Å². The lowest BCUT2D eigenvalue weighted by Gasteiger charge is -2.33. The van der Waals surface area contributed by atoms with Gasteiger partial charge in [0.1, 0.15) is 5.82 Å². The number of halogens is 1. The second kappa shape index (κ2) is 12.2. The molecule has 1 fully saturated rings. The fourth-order valence-corrected chi connectivity index (χ4v) is 3.76. The van der Waals surface area contributed by atoms with Gasteiger partial charge >= 0.3 is 0 Å². The van der Waals surface area contributed by atoms with Gasteiger partial charge in [-0.25, -0.2) is 4.39 Å².